The number of aromatic nitrogens is 3. The predicted molar refractivity (Wildman–Crippen MR) is 117 cm³/mol. The van der Waals surface area contributed by atoms with Gasteiger partial charge in [-0.2, -0.15) is 0 Å². The second-order valence-electron chi connectivity index (χ2n) is 7.65. The van der Waals surface area contributed by atoms with Gasteiger partial charge in [0, 0.05) is 44.6 Å². The monoisotopic (exact) mass is 468 g/mol. The normalized spacial score (nSPS) is 21.8. The third kappa shape index (κ3) is 5.41. The molecule has 2 saturated heterocycles. The van der Waals surface area contributed by atoms with Crippen molar-refractivity contribution < 1.29 is 13.9 Å². The van der Waals surface area contributed by atoms with Crippen LogP contribution in [0.3, 0.4) is 0 Å². The number of rotatable bonds is 6. The van der Waals surface area contributed by atoms with Crippen LogP contribution in [-0.4, -0.2) is 59.9 Å². The molecule has 0 aliphatic carbocycles. The molecule has 2 fully saturated rings. The molecule has 0 radical (unpaired) electrons. The van der Waals surface area contributed by atoms with Crippen LogP contribution in [0.25, 0.3) is 11.3 Å². The van der Waals surface area contributed by atoms with Crippen molar-refractivity contribution in [1.82, 2.24) is 20.3 Å². The number of pyridine rings is 1. The number of nitrogens with one attached hydrogen (secondary N) is 3. The lowest BCUT2D eigenvalue weighted by Gasteiger charge is -2.22. The van der Waals surface area contributed by atoms with Crippen molar-refractivity contribution in [1.29, 1.82) is 0 Å². The smallest absolute Gasteiger partial charge is 0.232 e. The molecule has 0 spiro atoms. The van der Waals surface area contributed by atoms with Crippen LogP contribution in [0.5, 0.6) is 0 Å². The Morgan fingerprint density at radius 2 is 2.00 bits per heavy atom. The molecule has 166 valence electrons. The van der Waals surface area contributed by atoms with E-state index in [9.17, 15) is 9.18 Å². The highest BCUT2D eigenvalue weighted by atomic mass is 35.5. The molecule has 2 aromatic heterocycles. The second kappa shape index (κ2) is 10.0. The highest BCUT2D eigenvalue weighted by molar-refractivity contribution is 6.35. The van der Waals surface area contributed by atoms with E-state index in [-0.39, 0.29) is 24.1 Å². The Balaban J connectivity index is 1.51. The molecule has 4 rings (SSSR count). The molecule has 2 aliphatic heterocycles. The lowest BCUT2D eigenvalue weighted by molar-refractivity contribution is -0.120. The summed E-state index contributed by atoms with van der Waals surface area (Å²) in [6.45, 7) is 2.74. The molecule has 0 bridgehead atoms. The fourth-order valence-corrected chi connectivity index (χ4v) is 4.03. The molecule has 2 aliphatic rings. The van der Waals surface area contributed by atoms with E-state index in [0.29, 0.717) is 28.0 Å². The number of amides is 1. The van der Waals surface area contributed by atoms with Crippen molar-refractivity contribution in [2.45, 2.75) is 19.0 Å². The summed E-state index contributed by atoms with van der Waals surface area (Å²) >= 11 is 12.6. The van der Waals surface area contributed by atoms with Gasteiger partial charge in [0.25, 0.3) is 0 Å². The molecule has 4 heterocycles. The van der Waals surface area contributed by atoms with E-state index in [1.807, 2.05) is 0 Å². The lowest BCUT2D eigenvalue weighted by atomic mass is 10.0. The molecule has 31 heavy (non-hydrogen) atoms. The molecule has 0 saturated carbocycles. The quantitative estimate of drug-likeness (QED) is 0.598. The molecular formula is C20H23Cl2FN6O2. The molecule has 8 nitrogen and oxygen atoms in total. The Hall–Kier alpha value is -2.07. The van der Waals surface area contributed by atoms with Crippen molar-refractivity contribution in [3.05, 3.63) is 28.6 Å². The number of ether oxygens (including phenoxy) is 1. The van der Waals surface area contributed by atoms with Crippen molar-refractivity contribution in [2.24, 2.45) is 11.8 Å². The zero-order valence-corrected chi connectivity index (χ0v) is 18.2. The molecular weight excluding hydrogens is 446 g/mol. The topological polar surface area (TPSA) is 101 Å². The van der Waals surface area contributed by atoms with E-state index in [1.54, 1.807) is 12.3 Å². The maximum absolute atomic E-state index is 13.8. The third-order valence-corrected chi connectivity index (χ3v) is 6.06. The minimum atomic E-state index is -1.23. The van der Waals surface area contributed by atoms with E-state index < -0.39 is 18.0 Å². The maximum Gasteiger partial charge on any atom is 0.232 e. The molecule has 3 N–H and O–H groups in total. The molecule has 2 atom stereocenters. The van der Waals surface area contributed by atoms with Crippen LogP contribution in [-0.2, 0) is 9.53 Å². The average molecular weight is 469 g/mol. The van der Waals surface area contributed by atoms with Gasteiger partial charge in [0.2, 0.25) is 5.91 Å². The molecule has 2 unspecified atom stereocenters. The van der Waals surface area contributed by atoms with E-state index in [2.05, 4.69) is 30.9 Å². The van der Waals surface area contributed by atoms with Gasteiger partial charge in [0.15, 0.2) is 5.15 Å². The van der Waals surface area contributed by atoms with Gasteiger partial charge in [-0.15, -0.1) is 0 Å². The van der Waals surface area contributed by atoms with Crippen LogP contribution in [0, 0.1) is 11.8 Å². The van der Waals surface area contributed by atoms with Gasteiger partial charge in [-0.05, 0) is 24.8 Å². The minimum Gasteiger partial charge on any atom is -0.381 e. The summed E-state index contributed by atoms with van der Waals surface area (Å²) in [7, 11) is 0. The summed E-state index contributed by atoms with van der Waals surface area (Å²) in [6, 6.07) is 1.56. The molecule has 11 heteroatoms. The first-order chi connectivity index (χ1) is 15.0. The zero-order valence-electron chi connectivity index (χ0n) is 16.7. The maximum atomic E-state index is 13.8. The van der Waals surface area contributed by atoms with E-state index in [0.717, 1.165) is 32.6 Å². The van der Waals surface area contributed by atoms with Crippen LogP contribution in [0.2, 0.25) is 10.2 Å². The fraction of sp³-hybridized carbons (Fsp3) is 0.500. The number of carbonyl (C=O) groups excluding carboxylic acids is 1. The van der Waals surface area contributed by atoms with E-state index in [4.69, 9.17) is 27.9 Å². The van der Waals surface area contributed by atoms with Gasteiger partial charge < -0.3 is 20.7 Å². The predicted octanol–water partition coefficient (Wildman–Crippen LogP) is 3.18. The zero-order chi connectivity index (χ0) is 21.8. The SMILES string of the molecule is O=C(Nc1cc(-c2nc(NCC3CCOCC3)cnc2Cl)c(Cl)cn1)C1CNCC1F. The first-order valence-corrected chi connectivity index (χ1v) is 10.9. The summed E-state index contributed by atoms with van der Waals surface area (Å²) < 4.78 is 19.2. The Labute approximate surface area is 189 Å². The van der Waals surface area contributed by atoms with Gasteiger partial charge >= 0.3 is 0 Å². The van der Waals surface area contributed by atoms with Crippen LogP contribution >= 0.6 is 23.2 Å². The fourth-order valence-electron chi connectivity index (χ4n) is 3.64. The van der Waals surface area contributed by atoms with Crippen molar-refractivity contribution in [3.8, 4) is 11.3 Å². The molecule has 1 amide bonds. The van der Waals surface area contributed by atoms with Crippen LogP contribution in [0.15, 0.2) is 18.5 Å². The Morgan fingerprint density at radius 3 is 2.74 bits per heavy atom. The van der Waals surface area contributed by atoms with Gasteiger partial charge in [0.05, 0.1) is 17.1 Å². The van der Waals surface area contributed by atoms with Crippen molar-refractivity contribution >= 4 is 40.7 Å². The molecule has 0 aromatic carbocycles. The third-order valence-electron chi connectivity index (χ3n) is 5.48. The second-order valence-corrected chi connectivity index (χ2v) is 8.42. The van der Waals surface area contributed by atoms with Gasteiger partial charge in [-0.25, -0.2) is 19.3 Å². The standard InChI is InChI=1S/C20H23Cl2FN6O2/c21-14-8-26-16(29-20(30)13-7-24-9-15(13)23)5-12(14)18-19(22)27-10-17(28-18)25-6-11-1-3-31-4-2-11/h5,8,10-11,13,15,24H,1-4,6-7,9H2,(H,25,28)(H,26,29,30). The van der Waals surface area contributed by atoms with Gasteiger partial charge in [-0.3, -0.25) is 4.79 Å². The highest BCUT2D eigenvalue weighted by Gasteiger charge is 2.33. The summed E-state index contributed by atoms with van der Waals surface area (Å²) in [5.74, 6) is 0.110. The number of carbonyl (C=O) groups is 1. The number of halogens is 3. The minimum absolute atomic E-state index is 0.163. The summed E-state index contributed by atoms with van der Waals surface area (Å²) in [5, 5.41) is 9.28. The van der Waals surface area contributed by atoms with Crippen LogP contribution in [0.4, 0.5) is 16.0 Å². The first-order valence-electron chi connectivity index (χ1n) is 10.2. The first kappa shape index (κ1) is 22.1. The Bertz CT molecular complexity index is 944. The van der Waals surface area contributed by atoms with E-state index in [1.165, 1.54) is 6.20 Å². The summed E-state index contributed by atoms with van der Waals surface area (Å²) in [5.41, 5.74) is 0.841. The number of hydrogen-bond acceptors (Lipinski definition) is 7. The number of alkyl halides is 1. The summed E-state index contributed by atoms with van der Waals surface area (Å²) in [6.07, 6.45) is 3.72. The van der Waals surface area contributed by atoms with Crippen molar-refractivity contribution in [3.63, 3.8) is 0 Å². The number of anilines is 2. The lowest BCUT2D eigenvalue weighted by Crippen LogP contribution is -2.30. The average Bonchev–Trinajstić information content (AvgIpc) is 3.21. The van der Waals surface area contributed by atoms with Crippen LogP contribution in [0.1, 0.15) is 12.8 Å². The summed E-state index contributed by atoms with van der Waals surface area (Å²) in [4.78, 5) is 25.3. The number of nitrogens with zero attached hydrogens (tertiary/aromatic N) is 3. The van der Waals surface area contributed by atoms with Gasteiger partial charge in [0.1, 0.15) is 23.5 Å². The molecule has 2 aromatic rings. The van der Waals surface area contributed by atoms with Crippen LogP contribution < -0.4 is 16.0 Å². The Morgan fingerprint density at radius 1 is 1.19 bits per heavy atom. The van der Waals surface area contributed by atoms with Crippen molar-refractivity contribution in [2.75, 3.05) is 43.5 Å². The number of hydrogen-bond donors (Lipinski definition) is 3. The largest absolute Gasteiger partial charge is 0.381 e. The van der Waals surface area contributed by atoms with Gasteiger partial charge in [-0.1, -0.05) is 23.2 Å². The Kier molecular flexibility index (Phi) is 7.16. The van der Waals surface area contributed by atoms with E-state index >= 15 is 0 Å². The highest BCUT2D eigenvalue weighted by Crippen LogP contribution is 2.33.